The first-order valence-electron chi connectivity index (χ1n) is 12.1. The highest BCUT2D eigenvalue weighted by Gasteiger charge is 2.25. The Morgan fingerprint density at radius 1 is 1.06 bits per heavy atom. The second-order valence-electron chi connectivity index (χ2n) is 9.13. The number of aromatic nitrogens is 2. The van der Waals surface area contributed by atoms with Gasteiger partial charge in [0.1, 0.15) is 0 Å². The van der Waals surface area contributed by atoms with Crippen molar-refractivity contribution in [2.45, 2.75) is 12.8 Å². The number of carbonyl (C=O) groups is 2. The Bertz CT molecular complexity index is 1300. The molecule has 0 bridgehead atoms. The minimum Gasteiger partial charge on any atom is -0.478 e. The first-order chi connectivity index (χ1) is 17.5. The summed E-state index contributed by atoms with van der Waals surface area (Å²) in [5.74, 6) is -1.12. The first-order valence-corrected chi connectivity index (χ1v) is 12.1. The van der Waals surface area contributed by atoms with Crippen LogP contribution in [0.4, 0.5) is 11.4 Å². The van der Waals surface area contributed by atoms with Crippen molar-refractivity contribution in [2.24, 2.45) is 0 Å². The molecule has 184 valence electrons. The maximum absolute atomic E-state index is 11.7. The molecule has 0 radical (unpaired) electrons. The molecule has 8 nitrogen and oxygen atoms in total. The lowest BCUT2D eigenvalue weighted by Crippen LogP contribution is -2.47. The van der Waals surface area contributed by atoms with E-state index in [-0.39, 0.29) is 5.91 Å². The molecule has 1 aromatic heterocycles. The van der Waals surface area contributed by atoms with Crippen LogP contribution >= 0.6 is 0 Å². The van der Waals surface area contributed by atoms with Gasteiger partial charge in [-0.1, -0.05) is 12.6 Å². The van der Waals surface area contributed by atoms with Crippen LogP contribution in [0, 0.1) is 0 Å². The van der Waals surface area contributed by atoms with Gasteiger partial charge < -0.3 is 15.3 Å². The predicted octanol–water partition coefficient (Wildman–Crippen LogP) is 3.80. The Hall–Kier alpha value is -4.17. The third-order valence-corrected chi connectivity index (χ3v) is 6.91. The number of hydrogen-bond acceptors (Lipinski definition) is 5. The lowest BCUT2D eigenvalue weighted by Gasteiger charge is -2.37. The minimum absolute atomic E-state index is 0.215. The van der Waals surface area contributed by atoms with E-state index in [0.29, 0.717) is 5.56 Å². The predicted molar refractivity (Wildman–Crippen MR) is 140 cm³/mol. The number of aromatic amines is 1. The number of rotatable bonds is 7. The molecule has 1 saturated heterocycles. The zero-order valence-corrected chi connectivity index (χ0v) is 20.0. The summed E-state index contributed by atoms with van der Waals surface area (Å²) in [6.45, 7) is 8.05. The van der Waals surface area contributed by atoms with Gasteiger partial charge in [-0.15, -0.1) is 0 Å². The van der Waals surface area contributed by atoms with E-state index in [9.17, 15) is 9.59 Å². The van der Waals surface area contributed by atoms with Gasteiger partial charge in [0.2, 0.25) is 5.91 Å². The zero-order valence-electron chi connectivity index (χ0n) is 20.0. The first kappa shape index (κ1) is 23.6. The average molecular weight is 484 g/mol. The van der Waals surface area contributed by atoms with Crippen molar-refractivity contribution >= 4 is 28.8 Å². The van der Waals surface area contributed by atoms with E-state index in [0.717, 1.165) is 62.6 Å². The fraction of sp³-hybridized carbons (Fsp3) is 0.250. The number of H-pyrrole nitrogens is 1. The van der Waals surface area contributed by atoms with Crippen molar-refractivity contribution in [3.05, 3.63) is 95.3 Å². The smallest absolute Gasteiger partial charge is 0.335 e. The van der Waals surface area contributed by atoms with Crippen LogP contribution in [0.3, 0.4) is 0 Å². The van der Waals surface area contributed by atoms with Gasteiger partial charge in [-0.2, -0.15) is 5.10 Å². The number of hydrogen-bond donors (Lipinski definition) is 3. The normalized spacial score (nSPS) is 15.9. The quantitative estimate of drug-likeness (QED) is 0.442. The summed E-state index contributed by atoms with van der Waals surface area (Å²) in [5.41, 5.74) is 8.11. The highest BCUT2D eigenvalue weighted by atomic mass is 16.4. The van der Waals surface area contributed by atoms with Crippen LogP contribution < -0.4 is 10.2 Å². The van der Waals surface area contributed by atoms with Gasteiger partial charge in [-0.25, -0.2) is 4.79 Å². The number of anilines is 2. The number of nitrogens with zero attached hydrogens (tertiary/aromatic N) is 3. The molecule has 1 amide bonds. The molecule has 1 aliphatic carbocycles. The van der Waals surface area contributed by atoms with Gasteiger partial charge in [0.05, 0.1) is 11.3 Å². The number of aryl methyl sites for hydroxylation is 1. The molecule has 36 heavy (non-hydrogen) atoms. The molecule has 8 heteroatoms. The number of carboxylic acid groups (broad SMARTS) is 1. The average Bonchev–Trinajstić information content (AvgIpc) is 3.43. The third kappa shape index (κ3) is 4.94. The lowest BCUT2D eigenvalue weighted by atomic mass is 9.83. The maximum Gasteiger partial charge on any atom is 0.335 e. The van der Waals surface area contributed by atoms with Crippen LogP contribution in [0.25, 0.3) is 5.57 Å². The van der Waals surface area contributed by atoms with E-state index in [2.05, 4.69) is 44.0 Å². The highest BCUT2D eigenvalue weighted by molar-refractivity contribution is 5.99. The van der Waals surface area contributed by atoms with Crippen LogP contribution in [0.2, 0.25) is 0 Å². The summed E-state index contributed by atoms with van der Waals surface area (Å²) in [6, 6.07) is 15.2. The largest absolute Gasteiger partial charge is 0.478 e. The molecular formula is C28H29N5O3. The Morgan fingerprint density at radius 2 is 1.83 bits per heavy atom. The maximum atomic E-state index is 11.7. The number of amides is 1. The summed E-state index contributed by atoms with van der Waals surface area (Å²) < 4.78 is 0. The van der Waals surface area contributed by atoms with Gasteiger partial charge in [0.25, 0.3) is 0 Å². The molecule has 0 saturated carbocycles. The standard InChI is InChI=1S/C28H29N5O3/c1-2-26(34)30-22-7-10-24-20(17-22)3-4-21(27(24)25-11-12-29-31-25)18-32-13-15-33(16-14-32)23-8-5-19(6-9-23)28(35)36/h2,5-12,17H,1,3-4,13-16,18H2,(H,29,31)(H,30,34)(H,35,36). The fourth-order valence-corrected chi connectivity index (χ4v) is 5.05. The summed E-state index contributed by atoms with van der Waals surface area (Å²) in [4.78, 5) is 27.7. The molecule has 3 aromatic rings. The molecule has 3 N–H and O–H groups in total. The fourth-order valence-electron chi connectivity index (χ4n) is 5.05. The molecule has 0 unspecified atom stereocenters. The molecule has 2 heterocycles. The lowest BCUT2D eigenvalue weighted by molar-refractivity contribution is -0.111. The number of carboxylic acids is 1. The SMILES string of the molecule is C=CC(=O)Nc1ccc2c(c1)CCC(CN1CCN(c3ccc(C(=O)O)cc3)CC1)=C2c1ccn[nH]1. The van der Waals surface area contributed by atoms with Gasteiger partial charge in [0.15, 0.2) is 0 Å². The Balaban J connectivity index is 1.33. The van der Waals surface area contributed by atoms with E-state index >= 15 is 0 Å². The number of aromatic carboxylic acids is 1. The van der Waals surface area contributed by atoms with Gasteiger partial charge in [-0.05, 0) is 78.1 Å². The summed E-state index contributed by atoms with van der Waals surface area (Å²) in [5, 5.41) is 19.3. The number of benzene rings is 2. The molecule has 1 fully saturated rings. The van der Waals surface area contributed by atoms with Crippen molar-refractivity contribution in [1.29, 1.82) is 0 Å². The van der Waals surface area contributed by atoms with Crippen molar-refractivity contribution < 1.29 is 14.7 Å². The summed E-state index contributed by atoms with van der Waals surface area (Å²) in [7, 11) is 0. The minimum atomic E-state index is -0.903. The molecule has 5 rings (SSSR count). The molecule has 2 aliphatic rings. The van der Waals surface area contributed by atoms with E-state index < -0.39 is 5.97 Å². The number of carbonyl (C=O) groups excluding carboxylic acids is 1. The van der Waals surface area contributed by atoms with Gasteiger partial charge in [-0.3, -0.25) is 14.8 Å². The molecule has 0 spiro atoms. The van der Waals surface area contributed by atoms with Crippen molar-refractivity contribution in [1.82, 2.24) is 15.1 Å². The topological polar surface area (TPSA) is 102 Å². The monoisotopic (exact) mass is 483 g/mol. The van der Waals surface area contributed by atoms with E-state index in [1.807, 2.05) is 24.3 Å². The number of fused-ring (bicyclic) bond motifs is 1. The van der Waals surface area contributed by atoms with Crippen molar-refractivity contribution in [3.8, 4) is 0 Å². The Morgan fingerprint density at radius 3 is 2.50 bits per heavy atom. The number of nitrogens with one attached hydrogen (secondary N) is 2. The van der Waals surface area contributed by atoms with Gasteiger partial charge >= 0.3 is 5.97 Å². The molecule has 0 atom stereocenters. The van der Waals surface area contributed by atoms with Crippen molar-refractivity contribution in [2.75, 3.05) is 42.9 Å². The van der Waals surface area contributed by atoms with E-state index in [4.69, 9.17) is 5.11 Å². The Kier molecular flexibility index (Phi) is 6.69. The molecule has 2 aromatic carbocycles. The van der Waals surface area contributed by atoms with E-state index in [1.165, 1.54) is 28.3 Å². The van der Waals surface area contributed by atoms with Crippen LogP contribution in [0.15, 0.2) is 73.0 Å². The zero-order chi connectivity index (χ0) is 25.1. The number of piperazine rings is 1. The summed E-state index contributed by atoms with van der Waals surface area (Å²) >= 11 is 0. The van der Waals surface area contributed by atoms with Gasteiger partial charge in [0, 0.05) is 55.9 Å². The van der Waals surface area contributed by atoms with E-state index in [1.54, 1.807) is 18.3 Å². The third-order valence-electron chi connectivity index (χ3n) is 6.91. The summed E-state index contributed by atoms with van der Waals surface area (Å²) in [6.07, 6.45) is 4.91. The van der Waals surface area contributed by atoms with Crippen LogP contribution in [-0.4, -0.2) is 64.8 Å². The second kappa shape index (κ2) is 10.2. The second-order valence-corrected chi connectivity index (χ2v) is 9.13. The Labute approximate surface area is 209 Å². The molecular weight excluding hydrogens is 454 g/mol. The van der Waals surface area contributed by atoms with Crippen molar-refractivity contribution in [3.63, 3.8) is 0 Å². The van der Waals surface area contributed by atoms with Crippen LogP contribution in [0.5, 0.6) is 0 Å². The van der Waals surface area contributed by atoms with Crippen LogP contribution in [-0.2, 0) is 11.2 Å². The highest BCUT2D eigenvalue weighted by Crippen LogP contribution is 2.37. The molecule has 1 aliphatic heterocycles. The van der Waals surface area contributed by atoms with Crippen LogP contribution in [0.1, 0.15) is 33.6 Å².